The molecule has 1 N–H and O–H groups in total. The third kappa shape index (κ3) is 2.42. The molecule has 98 valence electrons. The van der Waals surface area contributed by atoms with Crippen LogP contribution in [0.3, 0.4) is 0 Å². The predicted molar refractivity (Wildman–Crippen MR) is 74.2 cm³/mol. The van der Waals surface area contributed by atoms with Crippen molar-refractivity contribution in [3.8, 4) is 0 Å². The van der Waals surface area contributed by atoms with Crippen LogP contribution in [0.5, 0.6) is 0 Å². The van der Waals surface area contributed by atoms with E-state index in [9.17, 15) is 9.59 Å². The summed E-state index contributed by atoms with van der Waals surface area (Å²) >= 11 is 0. The first-order valence-corrected chi connectivity index (χ1v) is 6.02. The van der Waals surface area contributed by atoms with Crippen molar-refractivity contribution in [3.63, 3.8) is 0 Å². The van der Waals surface area contributed by atoms with E-state index in [0.29, 0.717) is 5.69 Å². The van der Waals surface area contributed by atoms with Gasteiger partial charge in [0.2, 0.25) is 5.91 Å². The Morgan fingerprint density at radius 3 is 2.37 bits per heavy atom. The highest BCUT2D eigenvalue weighted by molar-refractivity contribution is 6.05. The lowest BCUT2D eigenvalue weighted by Gasteiger charge is -2.26. The van der Waals surface area contributed by atoms with Crippen molar-refractivity contribution in [2.45, 2.75) is 19.9 Å². The number of amides is 1. The van der Waals surface area contributed by atoms with E-state index in [-0.39, 0.29) is 5.91 Å². The van der Waals surface area contributed by atoms with E-state index in [1.54, 1.807) is 6.07 Å². The standard InChI is InChI=1S/C15H15NO3/c1-10(15(18)19)16(11(2)17)14-9-5-7-12-6-3-4-8-13(12)14/h3-10H,1-2H3,(H,18,19). The highest BCUT2D eigenvalue weighted by Crippen LogP contribution is 2.28. The van der Waals surface area contributed by atoms with Crippen molar-refractivity contribution >= 4 is 28.3 Å². The lowest BCUT2D eigenvalue weighted by atomic mass is 10.1. The van der Waals surface area contributed by atoms with Gasteiger partial charge in [-0.1, -0.05) is 36.4 Å². The fourth-order valence-corrected chi connectivity index (χ4v) is 2.18. The molecule has 0 saturated heterocycles. The minimum Gasteiger partial charge on any atom is -0.480 e. The summed E-state index contributed by atoms with van der Waals surface area (Å²) in [6.07, 6.45) is 0. The van der Waals surface area contributed by atoms with Gasteiger partial charge in [0.15, 0.2) is 0 Å². The van der Waals surface area contributed by atoms with Crippen molar-refractivity contribution in [3.05, 3.63) is 42.5 Å². The molecule has 2 aromatic carbocycles. The van der Waals surface area contributed by atoms with Crippen LogP contribution >= 0.6 is 0 Å². The number of nitrogens with zero attached hydrogens (tertiary/aromatic N) is 1. The fraction of sp³-hybridized carbons (Fsp3) is 0.200. The summed E-state index contributed by atoms with van der Waals surface area (Å²) in [4.78, 5) is 24.3. The molecule has 0 spiro atoms. The molecule has 4 nitrogen and oxygen atoms in total. The second kappa shape index (κ2) is 5.10. The first-order valence-electron chi connectivity index (χ1n) is 6.02. The second-order valence-corrected chi connectivity index (χ2v) is 4.40. The van der Waals surface area contributed by atoms with E-state index >= 15 is 0 Å². The van der Waals surface area contributed by atoms with Crippen molar-refractivity contribution < 1.29 is 14.7 Å². The van der Waals surface area contributed by atoms with Crippen LogP contribution in [0, 0.1) is 0 Å². The van der Waals surface area contributed by atoms with Crippen LogP contribution in [-0.4, -0.2) is 23.0 Å². The van der Waals surface area contributed by atoms with Crippen molar-refractivity contribution in [1.29, 1.82) is 0 Å². The van der Waals surface area contributed by atoms with E-state index in [1.807, 2.05) is 36.4 Å². The van der Waals surface area contributed by atoms with Crippen molar-refractivity contribution in [2.75, 3.05) is 4.90 Å². The van der Waals surface area contributed by atoms with E-state index < -0.39 is 12.0 Å². The molecular formula is C15H15NO3. The van der Waals surface area contributed by atoms with Gasteiger partial charge < -0.3 is 5.11 Å². The number of aliphatic carboxylic acids is 1. The van der Waals surface area contributed by atoms with Gasteiger partial charge in [-0.3, -0.25) is 9.69 Å². The monoisotopic (exact) mass is 257 g/mol. The third-order valence-electron chi connectivity index (χ3n) is 3.11. The molecule has 0 fully saturated rings. The number of rotatable bonds is 3. The number of carboxylic acid groups (broad SMARTS) is 1. The molecule has 0 bridgehead atoms. The third-order valence-corrected chi connectivity index (χ3v) is 3.11. The fourth-order valence-electron chi connectivity index (χ4n) is 2.18. The van der Waals surface area contributed by atoms with Crippen LogP contribution in [0.1, 0.15) is 13.8 Å². The molecule has 1 atom stereocenters. The molecule has 0 aliphatic rings. The molecule has 1 amide bonds. The minimum atomic E-state index is -1.02. The highest BCUT2D eigenvalue weighted by Gasteiger charge is 2.25. The Kier molecular flexibility index (Phi) is 3.51. The van der Waals surface area contributed by atoms with Gasteiger partial charge in [0.1, 0.15) is 6.04 Å². The average Bonchev–Trinajstić information content (AvgIpc) is 2.38. The molecule has 2 rings (SSSR count). The van der Waals surface area contributed by atoms with Crippen LogP contribution in [0.4, 0.5) is 5.69 Å². The van der Waals surface area contributed by atoms with Gasteiger partial charge in [-0.2, -0.15) is 0 Å². The van der Waals surface area contributed by atoms with Gasteiger partial charge in [-0.15, -0.1) is 0 Å². The quantitative estimate of drug-likeness (QED) is 0.919. The van der Waals surface area contributed by atoms with E-state index in [0.717, 1.165) is 10.8 Å². The Morgan fingerprint density at radius 1 is 1.11 bits per heavy atom. The molecule has 0 aromatic heterocycles. The number of benzene rings is 2. The number of anilines is 1. The van der Waals surface area contributed by atoms with Gasteiger partial charge in [0.05, 0.1) is 5.69 Å². The maximum Gasteiger partial charge on any atom is 0.326 e. The van der Waals surface area contributed by atoms with Crippen LogP contribution < -0.4 is 4.90 Å². The zero-order valence-corrected chi connectivity index (χ0v) is 10.8. The lowest BCUT2D eigenvalue weighted by Crippen LogP contribution is -2.42. The molecule has 0 saturated carbocycles. The lowest BCUT2D eigenvalue weighted by molar-refractivity contribution is -0.139. The molecule has 1 unspecified atom stereocenters. The number of hydrogen-bond acceptors (Lipinski definition) is 2. The largest absolute Gasteiger partial charge is 0.480 e. The molecule has 0 radical (unpaired) electrons. The summed E-state index contributed by atoms with van der Waals surface area (Å²) < 4.78 is 0. The van der Waals surface area contributed by atoms with Crippen LogP contribution in [-0.2, 0) is 9.59 Å². The van der Waals surface area contributed by atoms with E-state index in [2.05, 4.69) is 0 Å². The van der Waals surface area contributed by atoms with Gasteiger partial charge >= 0.3 is 5.97 Å². The number of carbonyl (C=O) groups excluding carboxylic acids is 1. The average molecular weight is 257 g/mol. The van der Waals surface area contributed by atoms with Gasteiger partial charge in [0, 0.05) is 12.3 Å². The minimum absolute atomic E-state index is 0.286. The second-order valence-electron chi connectivity index (χ2n) is 4.40. The first kappa shape index (κ1) is 13.1. The normalized spacial score (nSPS) is 12.1. The predicted octanol–water partition coefficient (Wildman–Crippen LogP) is 2.67. The molecule has 0 aliphatic heterocycles. The Labute approximate surface area is 111 Å². The number of carboxylic acids is 1. The van der Waals surface area contributed by atoms with Crippen LogP contribution in [0.2, 0.25) is 0 Å². The molecule has 4 heteroatoms. The Balaban J connectivity index is 2.63. The van der Waals surface area contributed by atoms with Gasteiger partial charge in [-0.25, -0.2) is 4.79 Å². The molecule has 0 heterocycles. The highest BCUT2D eigenvalue weighted by atomic mass is 16.4. The summed E-state index contributed by atoms with van der Waals surface area (Å²) in [5.41, 5.74) is 0.625. The number of carbonyl (C=O) groups is 2. The Hall–Kier alpha value is -2.36. The number of hydrogen-bond donors (Lipinski definition) is 1. The summed E-state index contributed by atoms with van der Waals surface area (Å²) in [7, 11) is 0. The number of fused-ring (bicyclic) bond motifs is 1. The Bertz CT molecular complexity index is 631. The summed E-state index contributed by atoms with van der Waals surface area (Å²) in [5.74, 6) is -1.31. The first-order chi connectivity index (χ1) is 9.02. The topological polar surface area (TPSA) is 57.6 Å². The van der Waals surface area contributed by atoms with Gasteiger partial charge in [-0.05, 0) is 18.4 Å². The van der Waals surface area contributed by atoms with Crippen LogP contribution in [0.15, 0.2) is 42.5 Å². The maximum absolute atomic E-state index is 11.8. The molecular weight excluding hydrogens is 242 g/mol. The smallest absolute Gasteiger partial charge is 0.326 e. The SMILES string of the molecule is CC(=O)N(c1cccc2ccccc12)C(C)C(=O)O. The Morgan fingerprint density at radius 2 is 1.74 bits per heavy atom. The summed E-state index contributed by atoms with van der Waals surface area (Å²) in [6, 6.07) is 12.2. The molecule has 0 aliphatic carbocycles. The molecule has 19 heavy (non-hydrogen) atoms. The summed E-state index contributed by atoms with van der Waals surface area (Å²) in [5, 5.41) is 11.0. The van der Waals surface area contributed by atoms with Crippen molar-refractivity contribution in [1.82, 2.24) is 0 Å². The van der Waals surface area contributed by atoms with Gasteiger partial charge in [0.25, 0.3) is 0 Å². The van der Waals surface area contributed by atoms with Crippen molar-refractivity contribution in [2.24, 2.45) is 0 Å². The van der Waals surface area contributed by atoms with E-state index in [4.69, 9.17) is 5.11 Å². The molecule has 2 aromatic rings. The van der Waals surface area contributed by atoms with Crippen LogP contribution in [0.25, 0.3) is 10.8 Å². The summed E-state index contributed by atoms with van der Waals surface area (Å²) in [6.45, 7) is 2.88. The zero-order valence-electron chi connectivity index (χ0n) is 10.8. The zero-order chi connectivity index (χ0) is 14.0. The van der Waals surface area contributed by atoms with E-state index in [1.165, 1.54) is 18.7 Å². The maximum atomic E-state index is 11.8.